The van der Waals surface area contributed by atoms with Crippen molar-refractivity contribution in [2.45, 2.75) is 4.34 Å². The molecule has 28 heavy (non-hydrogen) atoms. The SMILES string of the molecule is O=C(CSc1nc2ccccc2s1)N1CCN(C(=O)c2ccc(=O)[nH]c2)CC1. The van der Waals surface area contributed by atoms with Crippen LogP contribution in [0.4, 0.5) is 0 Å². The Balaban J connectivity index is 1.29. The number of nitrogens with one attached hydrogen (secondary N) is 1. The molecule has 1 aliphatic rings. The summed E-state index contributed by atoms with van der Waals surface area (Å²) in [6.45, 7) is 1.98. The van der Waals surface area contributed by atoms with Crippen molar-refractivity contribution in [1.29, 1.82) is 0 Å². The van der Waals surface area contributed by atoms with Crippen molar-refractivity contribution in [2.75, 3.05) is 31.9 Å². The number of nitrogens with zero attached hydrogens (tertiary/aromatic N) is 3. The van der Waals surface area contributed by atoms with E-state index < -0.39 is 0 Å². The molecular weight excluding hydrogens is 396 g/mol. The number of rotatable bonds is 4. The van der Waals surface area contributed by atoms with E-state index in [4.69, 9.17) is 0 Å². The molecule has 144 valence electrons. The van der Waals surface area contributed by atoms with Crippen LogP contribution in [-0.4, -0.2) is 63.5 Å². The van der Waals surface area contributed by atoms with Crippen LogP contribution in [-0.2, 0) is 4.79 Å². The van der Waals surface area contributed by atoms with Gasteiger partial charge in [0, 0.05) is 38.4 Å². The molecule has 0 atom stereocenters. The van der Waals surface area contributed by atoms with Gasteiger partial charge in [-0.3, -0.25) is 14.4 Å². The lowest BCUT2D eigenvalue weighted by molar-refractivity contribution is -0.129. The van der Waals surface area contributed by atoms with Gasteiger partial charge in [0.2, 0.25) is 11.5 Å². The van der Waals surface area contributed by atoms with Crippen molar-refractivity contribution >= 4 is 45.1 Å². The van der Waals surface area contributed by atoms with E-state index in [1.807, 2.05) is 24.3 Å². The minimum absolute atomic E-state index is 0.0559. The van der Waals surface area contributed by atoms with E-state index in [-0.39, 0.29) is 17.4 Å². The fraction of sp³-hybridized carbons (Fsp3) is 0.263. The summed E-state index contributed by atoms with van der Waals surface area (Å²) in [5, 5.41) is 0. The van der Waals surface area contributed by atoms with Crippen molar-refractivity contribution in [1.82, 2.24) is 19.8 Å². The molecule has 1 aliphatic heterocycles. The summed E-state index contributed by atoms with van der Waals surface area (Å²) < 4.78 is 2.01. The number of thiazole rings is 1. The van der Waals surface area contributed by atoms with Crippen LogP contribution in [0.1, 0.15) is 10.4 Å². The highest BCUT2D eigenvalue weighted by atomic mass is 32.2. The monoisotopic (exact) mass is 414 g/mol. The fourth-order valence-electron chi connectivity index (χ4n) is 3.01. The number of H-pyrrole nitrogens is 1. The third kappa shape index (κ3) is 4.10. The molecule has 0 aliphatic carbocycles. The van der Waals surface area contributed by atoms with E-state index in [2.05, 4.69) is 9.97 Å². The maximum Gasteiger partial charge on any atom is 0.255 e. The topological polar surface area (TPSA) is 86.4 Å². The van der Waals surface area contributed by atoms with Crippen LogP contribution in [0.2, 0.25) is 0 Å². The zero-order valence-corrected chi connectivity index (χ0v) is 16.6. The molecule has 2 aromatic heterocycles. The van der Waals surface area contributed by atoms with Crippen LogP contribution in [0, 0.1) is 0 Å². The average Bonchev–Trinajstić information content (AvgIpc) is 3.15. The highest BCUT2D eigenvalue weighted by molar-refractivity contribution is 8.01. The van der Waals surface area contributed by atoms with E-state index >= 15 is 0 Å². The van der Waals surface area contributed by atoms with Gasteiger partial charge in [0.1, 0.15) is 0 Å². The van der Waals surface area contributed by atoms with Gasteiger partial charge in [-0.2, -0.15) is 0 Å². The maximum atomic E-state index is 12.5. The molecule has 3 aromatic rings. The number of hydrogen-bond acceptors (Lipinski definition) is 6. The highest BCUT2D eigenvalue weighted by Crippen LogP contribution is 2.29. The number of pyridine rings is 1. The molecule has 0 spiro atoms. The number of carbonyl (C=O) groups is 2. The number of aromatic amines is 1. The quantitative estimate of drug-likeness (QED) is 0.661. The van der Waals surface area contributed by atoms with Gasteiger partial charge in [-0.1, -0.05) is 23.9 Å². The summed E-state index contributed by atoms with van der Waals surface area (Å²) in [5.74, 6) is 0.265. The average molecular weight is 415 g/mol. The summed E-state index contributed by atoms with van der Waals surface area (Å²) in [6.07, 6.45) is 1.43. The largest absolute Gasteiger partial charge is 0.338 e. The van der Waals surface area contributed by atoms with Gasteiger partial charge >= 0.3 is 0 Å². The van der Waals surface area contributed by atoms with Gasteiger partial charge in [-0.15, -0.1) is 11.3 Å². The summed E-state index contributed by atoms with van der Waals surface area (Å²) in [5.41, 5.74) is 1.17. The van der Waals surface area contributed by atoms with Crippen LogP contribution in [0.3, 0.4) is 0 Å². The van der Waals surface area contributed by atoms with Crippen LogP contribution in [0.15, 0.2) is 51.7 Å². The molecule has 1 saturated heterocycles. The van der Waals surface area contributed by atoms with Gasteiger partial charge in [0.05, 0.1) is 21.5 Å². The smallest absolute Gasteiger partial charge is 0.255 e. The Morgan fingerprint density at radius 1 is 1.07 bits per heavy atom. The zero-order chi connectivity index (χ0) is 19.5. The lowest BCUT2D eigenvalue weighted by Gasteiger charge is -2.34. The van der Waals surface area contributed by atoms with Crippen LogP contribution >= 0.6 is 23.1 Å². The zero-order valence-electron chi connectivity index (χ0n) is 15.0. The fourth-order valence-corrected chi connectivity index (χ4v) is 4.98. The van der Waals surface area contributed by atoms with Crippen LogP contribution in [0.25, 0.3) is 10.2 Å². The minimum atomic E-state index is -0.238. The van der Waals surface area contributed by atoms with E-state index in [1.165, 1.54) is 30.1 Å². The van der Waals surface area contributed by atoms with Crippen LogP contribution in [0.5, 0.6) is 0 Å². The Morgan fingerprint density at radius 3 is 2.54 bits per heavy atom. The molecule has 7 nitrogen and oxygen atoms in total. The number of carbonyl (C=O) groups excluding carboxylic acids is 2. The second-order valence-electron chi connectivity index (χ2n) is 6.35. The lowest BCUT2D eigenvalue weighted by Crippen LogP contribution is -2.51. The summed E-state index contributed by atoms with van der Waals surface area (Å²) in [6, 6.07) is 10.8. The van der Waals surface area contributed by atoms with Gasteiger partial charge in [-0.05, 0) is 18.2 Å². The molecule has 3 heterocycles. The second-order valence-corrected chi connectivity index (χ2v) is 8.60. The van der Waals surface area contributed by atoms with Crippen LogP contribution < -0.4 is 5.56 Å². The Labute approximate surface area is 169 Å². The molecule has 1 aromatic carbocycles. The number of benzene rings is 1. The Hall–Kier alpha value is -2.65. The third-order valence-corrected chi connectivity index (χ3v) is 6.71. The molecule has 1 N–H and O–H groups in total. The lowest BCUT2D eigenvalue weighted by atomic mass is 10.2. The summed E-state index contributed by atoms with van der Waals surface area (Å²) in [7, 11) is 0. The van der Waals surface area contributed by atoms with Gasteiger partial charge in [0.25, 0.3) is 5.91 Å². The molecule has 2 amide bonds. The Morgan fingerprint density at radius 2 is 1.82 bits per heavy atom. The standard InChI is InChI=1S/C19H18N4O3S2/c24-16-6-5-13(11-20-16)18(26)23-9-7-22(8-10-23)17(25)12-27-19-21-14-3-1-2-4-15(14)28-19/h1-6,11H,7-10,12H2,(H,20,24). The van der Waals surface area contributed by atoms with Crippen molar-refractivity contribution < 1.29 is 9.59 Å². The number of fused-ring (bicyclic) bond motifs is 1. The number of thioether (sulfide) groups is 1. The van der Waals surface area contributed by atoms with Crippen molar-refractivity contribution in [2.24, 2.45) is 0 Å². The molecular formula is C19H18N4O3S2. The number of hydrogen-bond donors (Lipinski definition) is 1. The predicted molar refractivity (Wildman–Crippen MR) is 110 cm³/mol. The normalized spacial score (nSPS) is 14.4. The molecule has 9 heteroatoms. The van der Waals surface area contributed by atoms with Gasteiger partial charge in [0.15, 0.2) is 4.34 Å². The molecule has 0 bridgehead atoms. The Bertz CT molecular complexity index is 1020. The first-order valence-electron chi connectivity index (χ1n) is 8.84. The second kappa shape index (κ2) is 8.15. The minimum Gasteiger partial charge on any atom is -0.338 e. The number of amides is 2. The predicted octanol–water partition coefficient (Wildman–Crippen LogP) is 2.06. The molecule has 0 saturated carbocycles. The van der Waals surface area contributed by atoms with Crippen molar-refractivity contribution in [3.05, 3.63) is 58.5 Å². The van der Waals surface area contributed by atoms with E-state index in [0.29, 0.717) is 37.5 Å². The van der Waals surface area contributed by atoms with E-state index in [1.54, 1.807) is 21.1 Å². The first kappa shape index (κ1) is 18.7. The van der Waals surface area contributed by atoms with E-state index in [9.17, 15) is 14.4 Å². The first-order valence-corrected chi connectivity index (χ1v) is 10.6. The van der Waals surface area contributed by atoms with Gasteiger partial charge < -0.3 is 14.8 Å². The highest BCUT2D eigenvalue weighted by Gasteiger charge is 2.25. The maximum absolute atomic E-state index is 12.5. The third-order valence-electron chi connectivity index (χ3n) is 4.54. The van der Waals surface area contributed by atoms with Gasteiger partial charge in [-0.25, -0.2) is 4.98 Å². The molecule has 0 unspecified atom stereocenters. The van der Waals surface area contributed by atoms with E-state index in [0.717, 1.165) is 14.6 Å². The molecule has 4 rings (SSSR count). The number of aromatic nitrogens is 2. The number of para-hydroxylation sites is 1. The molecule has 0 radical (unpaired) electrons. The van der Waals surface area contributed by atoms with Crippen molar-refractivity contribution in [3.8, 4) is 0 Å². The summed E-state index contributed by atoms with van der Waals surface area (Å²) >= 11 is 3.05. The first-order chi connectivity index (χ1) is 13.6. The Kier molecular flexibility index (Phi) is 5.45. The summed E-state index contributed by atoms with van der Waals surface area (Å²) in [4.78, 5) is 46.7. The number of piperazine rings is 1. The molecule has 1 fully saturated rings. The van der Waals surface area contributed by atoms with Crippen molar-refractivity contribution in [3.63, 3.8) is 0 Å².